The topological polar surface area (TPSA) is 45.4 Å². The van der Waals surface area contributed by atoms with Gasteiger partial charge in [-0.3, -0.25) is 4.90 Å². The molecule has 0 atom stereocenters. The fourth-order valence-corrected chi connectivity index (χ4v) is 2.75. The number of hydrogen-bond donors (Lipinski definition) is 1. The zero-order valence-electron chi connectivity index (χ0n) is 12.0. The molecule has 0 bridgehead atoms. The van der Waals surface area contributed by atoms with E-state index in [2.05, 4.69) is 35.6 Å². The summed E-state index contributed by atoms with van der Waals surface area (Å²) in [5.74, 6) is 0.873. The number of rotatable bonds is 2. The summed E-state index contributed by atoms with van der Waals surface area (Å²) in [5.41, 5.74) is 6.88. The second-order valence-corrected chi connectivity index (χ2v) is 6.33. The van der Waals surface area contributed by atoms with Gasteiger partial charge < -0.3 is 10.6 Å². The van der Waals surface area contributed by atoms with Gasteiger partial charge in [0.2, 0.25) is 0 Å². The van der Waals surface area contributed by atoms with Crippen molar-refractivity contribution in [3.05, 3.63) is 22.8 Å². The van der Waals surface area contributed by atoms with Crippen molar-refractivity contribution in [1.29, 1.82) is 0 Å². The Bertz CT molecular complexity index is 434. The molecule has 19 heavy (non-hydrogen) atoms. The molecule has 2 rings (SSSR count). The first-order valence-electron chi connectivity index (χ1n) is 6.77. The van der Waals surface area contributed by atoms with Crippen molar-refractivity contribution in [1.82, 2.24) is 9.88 Å². The summed E-state index contributed by atoms with van der Waals surface area (Å²) in [6.45, 7) is 11.2. The van der Waals surface area contributed by atoms with Crippen molar-refractivity contribution < 1.29 is 0 Å². The molecule has 5 heteroatoms. The van der Waals surface area contributed by atoms with Crippen molar-refractivity contribution in [2.75, 3.05) is 31.1 Å². The summed E-state index contributed by atoms with van der Waals surface area (Å²) in [6, 6.07) is 1.89. The summed E-state index contributed by atoms with van der Waals surface area (Å²) in [7, 11) is 0. The van der Waals surface area contributed by atoms with Crippen molar-refractivity contribution in [2.45, 2.75) is 32.9 Å². The molecule has 1 aliphatic rings. The van der Waals surface area contributed by atoms with Crippen LogP contribution in [-0.4, -0.2) is 41.6 Å². The molecule has 2 N–H and O–H groups in total. The standard InChI is InChI=1S/C14H23ClN4/c1-14(2,3)19-8-6-18(7-9-19)13-12(15)11(10-16)4-5-17-13/h4-5H,6-10,16H2,1-3H3. The molecule has 0 aliphatic carbocycles. The first-order valence-corrected chi connectivity index (χ1v) is 7.14. The molecule has 0 saturated carbocycles. The van der Waals surface area contributed by atoms with Crippen LogP contribution >= 0.6 is 11.6 Å². The monoisotopic (exact) mass is 282 g/mol. The van der Waals surface area contributed by atoms with Crippen LogP contribution in [0.5, 0.6) is 0 Å². The third-order valence-corrected chi connectivity index (χ3v) is 4.11. The van der Waals surface area contributed by atoms with Crippen LogP contribution in [0.15, 0.2) is 12.3 Å². The molecular weight excluding hydrogens is 260 g/mol. The number of piperazine rings is 1. The summed E-state index contributed by atoms with van der Waals surface area (Å²) in [4.78, 5) is 9.16. The molecule has 4 nitrogen and oxygen atoms in total. The highest BCUT2D eigenvalue weighted by Crippen LogP contribution is 2.28. The number of anilines is 1. The molecule has 0 amide bonds. The quantitative estimate of drug-likeness (QED) is 0.902. The van der Waals surface area contributed by atoms with Crippen LogP contribution < -0.4 is 10.6 Å². The number of pyridine rings is 1. The van der Waals surface area contributed by atoms with Crippen molar-refractivity contribution in [3.8, 4) is 0 Å². The Morgan fingerprint density at radius 1 is 1.26 bits per heavy atom. The molecule has 1 saturated heterocycles. The maximum absolute atomic E-state index is 6.37. The Kier molecular flexibility index (Phi) is 4.33. The maximum atomic E-state index is 6.37. The summed E-state index contributed by atoms with van der Waals surface area (Å²) in [5, 5.41) is 0.703. The van der Waals surface area contributed by atoms with Gasteiger partial charge in [0.15, 0.2) is 0 Å². The molecule has 0 spiro atoms. The highest BCUT2D eigenvalue weighted by atomic mass is 35.5. The zero-order valence-corrected chi connectivity index (χ0v) is 12.7. The molecule has 1 aliphatic heterocycles. The molecule has 1 aromatic rings. The second kappa shape index (κ2) is 5.65. The van der Waals surface area contributed by atoms with Gasteiger partial charge >= 0.3 is 0 Å². The molecule has 1 fully saturated rings. The Balaban J connectivity index is 2.10. The molecule has 1 aromatic heterocycles. The van der Waals surface area contributed by atoms with Gasteiger partial charge in [0.05, 0.1) is 5.02 Å². The minimum atomic E-state index is 0.225. The summed E-state index contributed by atoms with van der Waals surface area (Å²) < 4.78 is 0. The summed E-state index contributed by atoms with van der Waals surface area (Å²) in [6.07, 6.45) is 1.79. The van der Waals surface area contributed by atoms with E-state index in [0.29, 0.717) is 11.6 Å². The third kappa shape index (κ3) is 3.19. The average molecular weight is 283 g/mol. The second-order valence-electron chi connectivity index (χ2n) is 5.96. The van der Waals surface area contributed by atoms with Gasteiger partial charge in [0, 0.05) is 44.5 Å². The lowest BCUT2D eigenvalue weighted by Crippen LogP contribution is -2.53. The van der Waals surface area contributed by atoms with E-state index in [9.17, 15) is 0 Å². The Hall–Kier alpha value is -0.840. The number of aromatic nitrogens is 1. The molecule has 106 valence electrons. The van der Waals surface area contributed by atoms with E-state index in [-0.39, 0.29) is 5.54 Å². The van der Waals surface area contributed by atoms with Crippen molar-refractivity contribution in [3.63, 3.8) is 0 Å². The number of halogens is 1. The van der Waals surface area contributed by atoms with Crippen molar-refractivity contribution >= 4 is 17.4 Å². The van der Waals surface area contributed by atoms with E-state index < -0.39 is 0 Å². The minimum Gasteiger partial charge on any atom is -0.353 e. The van der Waals surface area contributed by atoms with Crippen LogP contribution in [0, 0.1) is 0 Å². The summed E-state index contributed by atoms with van der Waals surface area (Å²) >= 11 is 6.37. The first-order chi connectivity index (χ1) is 8.93. The fourth-order valence-electron chi connectivity index (χ4n) is 2.44. The molecule has 0 aromatic carbocycles. The molecular formula is C14H23ClN4. The van der Waals surface area contributed by atoms with E-state index in [0.717, 1.165) is 37.6 Å². The SMILES string of the molecule is CC(C)(C)N1CCN(c2nccc(CN)c2Cl)CC1. The van der Waals surface area contributed by atoms with E-state index in [4.69, 9.17) is 17.3 Å². The lowest BCUT2D eigenvalue weighted by molar-refractivity contribution is 0.128. The number of nitrogens with zero attached hydrogens (tertiary/aromatic N) is 3. The van der Waals surface area contributed by atoms with Crippen LogP contribution in [0.3, 0.4) is 0 Å². The average Bonchev–Trinajstić information content (AvgIpc) is 2.38. The highest BCUT2D eigenvalue weighted by Gasteiger charge is 2.27. The smallest absolute Gasteiger partial charge is 0.147 e. The highest BCUT2D eigenvalue weighted by molar-refractivity contribution is 6.33. The van der Waals surface area contributed by atoms with Crippen LogP contribution in [0.2, 0.25) is 5.02 Å². The van der Waals surface area contributed by atoms with E-state index in [1.165, 1.54) is 0 Å². The normalized spacial score (nSPS) is 17.8. The van der Waals surface area contributed by atoms with E-state index in [1.54, 1.807) is 6.20 Å². The predicted molar refractivity (Wildman–Crippen MR) is 80.7 cm³/mol. The third-order valence-electron chi connectivity index (χ3n) is 3.70. The Morgan fingerprint density at radius 2 is 1.89 bits per heavy atom. The zero-order chi connectivity index (χ0) is 14.0. The predicted octanol–water partition coefficient (Wildman–Crippen LogP) is 2.11. The van der Waals surface area contributed by atoms with Gasteiger partial charge in [-0.05, 0) is 32.4 Å². The maximum Gasteiger partial charge on any atom is 0.147 e. The molecule has 0 radical (unpaired) electrons. The Labute approximate surface area is 120 Å². The van der Waals surface area contributed by atoms with E-state index in [1.807, 2.05) is 6.07 Å². The van der Waals surface area contributed by atoms with Gasteiger partial charge in [0.1, 0.15) is 5.82 Å². The largest absolute Gasteiger partial charge is 0.353 e. The lowest BCUT2D eigenvalue weighted by Gasteiger charge is -2.42. The Morgan fingerprint density at radius 3 is 2.42 bits per heavy atom. The van der Waals surface area contributed by atoms with Gasteiger partial charge in [-0.25, -0.2) is 4.98 Å². The van der Waals surface area contributed by atoms with Gasteiger partial charge in [-0.15, -0.1) is 0 Å². The number of hydrogen-bond acceptors (Lipinski definition) is 4. The van der Waals surface area contributed by atoms with Gasteiger partial charge in [-0.1, -0.05) is 11.6 Å². The lowest BCUT2D eigenvalue weighted by atomic mass is 10.0. The number of nitrogens with two attached hydrogens (primary N) is 1. The minimum absolute atomic E-state index is 0.225. The van der Waals surface area contributed by atoms with Crippen molar-refractivity contribution in [2.24, 2.45) is 5.73 Å². The van der Waals surface area contributed by atoms with Crippen LogP contribution in [-0.2, 0) is 6.54 Å². The molecule has 2 heterocycles. The van der Waals surface area contributed by atoms with Gasteiger partial charge in [-0.2, -0.15) is 0 Å². The van der Waals surface area contributed by atoms with E-state index >= 15 is 0 Å². The van der Waals surface area contributed by atoms with Gasteiger partial charge in [0.25, 0.3) is 0 Å². The van der Waals surface area contributed by atoms with Crippen LogP contribution in [0.25, 0.3) is 0 Å². The van der Waals surface area contributed by atoms with Crippen LogP contribution in [0.1, 0.15) is 26.3 Å². The fraction of sp³-hybridized carbons (Fsp3) is 0.643. The van der Waals surface area contributed by atoms with Crippen LogP contribution in [0.4, 0.5) is 5.82 Å². The molecule has 0 unspecified atom stereocenters. The first kappa shape index (κ1) is 14.6.